The highest BCUT2D eigenvalue weighted by atomic mass is 15.3. The average molecular weight is 266 g/mol. The van der Waals surface area contributed by atoms with Crippen molar-refractivity contribution in [3.8, 4) is 0 Å². The summed E-state index contributed by atoms with van der Waals surface area (Å²) in [5.41, 5.74) is 0.310. The van der Waals surface area contributed by atoms with Crippen LogP contribution in [0.3, 0.4) is 0 Å². The third-order valence-electron chi connectivity index (χ3n) is 4.03. The molecule has 0 aromatic carbocycles. The second kappa shape index (κ2) is 7.63. The molecule has 1 unspecified atom stereocenters. The molecule has 1 heterocycles. The van der Waals surface area contributed by atoms with E-state index in [9.17, 15) is 0 Å². The van der Waals surface area contributed by atoms with Crippen molar-refractivity contribution < 1.29 is 0 Å². The van der Waals surface area contributed by atoms with Crippen LogP contribution in [0.5, 0.6) is 0 Å². The minimum Gasteiger partial charge on any atom is -0.319 e. The fraction of sp³-hybridized carbons (Fsp3) is 0.867. The van der Waals surface area contributed by atoms with Gasteiger partial charge in [0.05, 0.1) is 0 Å². The van der Waals surface area contributed by atoms with Crippen molar-refractivity contribution in [3.63, 3.8) is 0 Å². The Morgan fingerprint density at radius 1 is 1.37 bits per heavy atom. The summed E-state index contributed by atoms with van der Waals surface area (Å²) in [6, 6.07) is 0.382. The molecule has 1 rings (SSSR count). The Kier molecular flexibility index (Phi) is 6.49. The van der Waals surface area contributed by atoms with E-state index in [2.05, 4.69) is 47.8 Å². The summed E-state index contributed by atoms with van der Waals surface area (Å²) in [7, 11) is 2.05. The zero-order chi connectivity index (χ0) is 14.3. The number of nitrogens with zero attached hydrogens (tertiary/aromatic N) is 3. The Bertz CT molecular complexity index is 359. The molecule has 1 atom stereocenters. The van der Waals surface area contributed by atoms with Gasteiger partial charge in [0.25, 0.3) is 0 Å². The SMILES string of the molecule is CCCCC(CC)(CNC)Cc1ncnn1C(C)C. The summed E-state index contributed by atoms with van der Waals surface area (Å²) in [6.07, 6.45) is 7.68. The monoisotopic (exact) mass is 266 g/mol. The number of unbranched alkanes of at least 4 members (excludes halogenated alkanes) is 1. The maximum Gasteiger partial charge on any atom is 0.138 e. The molecule has 1 N–H and O–H groups in total. The maximum absolute atomic E-state index is 4.48. The zero-order valence-electron chi connectivity index (χ0n) is 13.2. The van der Waals surface area contributed by atoms with Crippen molar-refractivity contribution in [3.05, 3.63) is 12.2 Å². The Hall–Kier alpha value is -0.900. The summed E-state index contributed by atoms with van der Waals surface area (Å²) >= 11 is 0. The van der Waals surface area contributed by atoms with E-state index in [1.807, 2.05) is 7.05 Å². The van der Waals surface area contributed by atoms with Gasteiger partial charge in [-0.3, -0.25) is 0 Å². The van der Waals surface area contributed by atoms with Gasteiger partial charge < -0.3 is 5.32 Å². The third kappa shape index (κ3) is 4.30. The van der Waals surface area contributed by atoms with Crippen LogP contribution in [0, 0.1) is 5.41 Å². The van der Waals surface area contributed by atoms with Crippen LogP contribution in [-0.2, 0) is 6.42 Å². The summed E-state index contributed by atoms with van der Waals surface area (Å²) in [6.45, 7) is 9.93. The van der Waals surface area contributed by atoms with Gasteiger partial charge in [0.1, 0.15) is 12.2 Å². The number of rotatable bonds is 9. The van der Waals surface area contributed by atoms with Crippen LogP contribution in [0.4, 0.5) is 0 Å². The average Bonchev–Trinajstić information content (AvgIpc) is 2.84. The van der Waals surface area contributed by atoms with Crippen LogP contribution in [0.25, 0.3) is 0 Å². The predicted molar refractivity (Wildman–Crippen MR) is 80.3 cm³/mol. The van der Waals surface area contributed by atoms with E-state index in [0.29, 0.717) is 11.5 Å². The van der Waals surface area contributed by atoms with Crippen LogP contribution < -0.4 is 5.32 Å². The van der Waals surface area contributed by atoms with Gasteiger partial charge in [-0.25, -0.2) is 9.67 Å². The first kappa shape index (κ1) is 16.2. The summed E-state index contributed by atoms with van der Waals surface area (Å²) in [5.74, 6) is 1.13. The van der Waals surface area contributed by atoms with E-state index in [1.165, 1.54) is 25.7 Å². The molecule has 0 amide bonds. The smallest absolute Gasteiger partial charge is 0.138 e. The van der Waals surface area contributed by atoms with Crippen molar-refractivity contribution in [2.24, 2.45) is 5.41 Å². The molecule has 0 bridgehead atoms. The van der Waals surface area contributed by atoms with E-state index < -0.39 is 0 Å². The van der Waals surface area contributed by atoms with E-state index in [-0.39, 0.29) is 0 Å². The zero-order valence-corrected chi connectivity index (χ0v) is 13.2. The minimum atomic E-state index is 0.310. The fourth-order valence-electron chi connectivity index (χ4n) is 2.76. The van der Waals surface area contributed by atoms with Gasteiger partial charge >= 0.3 is 0 Å². The topological polar surface area (TPSA) is 42.7 Å². The molecule has 0 fully saturated rings. The molecule has 0 aliphatic rings. The van der Waals surface area contributed by atoms with Crippen LogP contribution >= 0.6 is 0 Å². The van der Waals surface area contributed by atoms with Crippen molar-refractivity contribution in [1.29, 1.82) is 0 Å². The second-order valence-corrected chi connectivity index (χ2v) is 5.88. The van der Waals surface area contributed by atoms with Gasteiger partial charge in [0, 0.05) is 19.0 Å². The highest BCUT2D eigenvalue weighted by molar-refractivity contribution is 4.95. The van der Waals surface area contributed by atoms with Gasteiger partial charge in [0.2, 0.25) is 0 Å². The molecule has 4 heteroatoms. The van der Waals surface area contributed by atoms with E-state index in [1.54, 1.807) is 6.33 Å². The van der Waals surface area contributed by atoms with Gasteiger partial charge in [0.15, 0.2) is 0 Å². The van der Waals surface area contributed by atoms with Gasteiger partial charge in [-0.1, -0.05) is 26.7 Å². The number of nitrogens with one attached hydrogen (secondary N) is 1. The highest BCUT2D eigenvalue weighted by Crippen LogP contribution is 2.32. The molecule has 110 valence electrons. The van der Waals surface area contributed by atoms with E-state index >= 15 is 0 Å². The Balaban J connectivity index is 2.88. The summed E-state index contributed by atoms with van der Waals surface area (Å²) in [4.78, 5) is 4.48. The molecule has 19 heavy (non-hydrogen) atoms. The highest BCUT2D eigenvalue weighted by Gasteiger charge is 2.29. The number of aromatic nitrogens is 3. The first-order chi connectivity index (χ1) is 9.08. The molecule has 0 radical (unpaired) electrons. The Morgan fingerprint density at radius 2 is 2.11 bits per heavy atom. The van der Waals surface area contributed by atoms with Crippen molar-refractivity contribution in [1.82, 2.24) is 20.1 Å². The van der Waals surface area contributed by atoms with Crippen molar-refractivity contribution in [2.45, 2.75) is 65.8 Å². The van der Waals surface area contributed by atoms with Crippen LogP contribution in [0.2, 0.25) is 0 Å². The molecule has 1 aromatic rings. The van der Waals surface area contributed by atoms with E-state index in [0.717, 1.165) is 18.8 Å². The molecule has 1 aromatic heterocycles. The molecular weight excluding hydrogens is 236 g/mol. The van der Waals surface area contributed by atoms with Gasteiger partial charge in [-0.15, -0.1) is 0 Å². The number of hydrogen-bond donors (Lipinski definition) is 1. The lowest BCUT2D eigenvalue weighted by Gasteiger charge is -2.33. The largest absolute Gasteiger partial charge is 0.319 e. The molecular formula is C15H30N4. The van der Waals surface area contributed by atoms with Crippen molar-refractivity contribution in [2.75, 3.05) is 13.6 Å². The van der Waals surface area contributed by atoms with Crippen LogP contribution in [0.15, 0.2) is 6.33 Å². The maximum atomic E-state index is 4.48. The lowest BCUT2D eigenvalue weighted by molar-refractivity contribution is 0.225. The quantitative estimate of drug-likeness (QED) is 0.746. The molecule has 4 nitrogen and oxygen atoms in total. The molecule has 0 aliphatic heterocycles. The first-order valence-corrected chi connectivity index (χ1v) is 7.61. The molecule has 0 aliphatic carbocycles. The molecule has 0 saturated carbocycles. The Labute approximate surface area is 118 Å². The summed E-state index contributed by atoms with van der Waals surface area (Å²) < 4.78 is 2.06. The molecule has 0 saturated heterocycles. The Morgan fingerprint density at radius 3 is 2.63 bits per heavy atom. The standard InChI is InChI=1S/C15H30N4/c1-6-8-9-15(7-2,11-16-5)10-14-17-12-18-19(14)13(3)4/h12-13,16H,6-11H2,1-5H3. The normalized spacial score (nSPS) is 14.8. The van der Waals surface area contributed by atoms with Crippen molar-refractivity contribution >= 4 is 0 Å². The van der Waals surface area contributed by atoms with Gasteiger partial charge in [-0.05, 0) is 39.2 Å². The third-order valence-corrected chi connectivity index (χ3v) is 4.03. The van der Waals surface area contributed by atoms with Gasteiger partial charge in [-0.2, -0.15) is 5.10 Å². The second-order valence-electron chi connectivity index (χ2n) is 5.88. The lowest BCUT2D eigenvalue weighted by Crippen LogP contribution is -2.35. The van der Waals surface area contributed by atoms with Crippen LogP contribution in [-0.4, -0.2) is 28.4 Å². The lowest BCUT2D eigenvalue weighted by atomic mass is 9.77. The fourth-order valence-corrected chi connectivity index (χ4v) is 2.76. The molecule has 0 spiro atoms. The predicted octanol–water partition coefficient (Wildman–Crippen LogP) is 3.21. The first-order valence-electron chi connectivity index (χ1n) is 7.61. The number of hydrogen-bond acceptors (Lipinski definition) is 3. The minimum absolute atomic E-state index is 0.310. The summed E-state index contributed by atoms with van der Waals surface area (Å²) in [5, 5.41) is 7.73. The van der Waals surface area contributed by atoms with Crippen LogP contribution in [0.1, 0.15) is 65.2 Å². The van der Waals surface area contributed by atoms with E-state index in [4.69, 9.17) is 0 Å².